The second kappa shape index (κ2) is 8.89. The molecule has 2 aromatic carbocycles. The highest BCUT2D eigenvalue weighted by Crippen LogP contribution is 2.31. The Bertz CT molecular complexity index is 729. The lowest BCUT2D eigenvalue weighted by molar-refractivity contribution is 0.174. The van der Waals surface area contributed by atoms with Gasteiger partial charge in [0.2, 0.25) is 6.79 Å². The van der Waals surface area contributed by atoms with Gasteiger partial charge in [0, 0.05) is 5.39 Å². The Morgan fingerprint density at radius 1 is 0.739 bits per heavy atom. The second-order valence-electron chi connectivity index (χ2n) is 4.82. The summed E-state index contributed by atoms with van der Waals surface area (Å²) in [5, 5.41) is 1.18. The molecule has 0 N–H and O–H groups in total. The Morgan fingerprint density at radius 2 is 1.39 bits per heavy atom. The first-order valence-corrected chi connectivity index (χ1v) is 6.52. The fourth-order valence-corrected chi connectivity index (χ4v) is 2.09. The van der Waals surface area contributed by atoms with Gasteiger partial charge in [0.1, 0.15) is 5.58 Å². The van der Waals surface area contributed by atoms with Crippen LogP contribution in [-0.4, -0.2) is 6.79 Å². The first-order chi connectivity index (χ1) is 9.72. The first-order valence-electron chi connectivity index (χ1n) is 6.52. The van der Waals surface area contributed by atoms with Crippen LogP contribution in [-0.2, 0) is 0 Å². The molecule has 23 heavy (non-hydrogen) atoms. The van der Waals surface area contributed by atoms with Gasteiger partial charge in [0.15, 0.2) is 11.5 Å². The van der Waals surface area contributed by atoms with Crippen LogP contribution in [0.4, 0.5) is 0 Å². The van der Waals surface area contributed by atoms with Crippen LogP contribution in [0.1, 0.15) is 33.4 Å². The SMILES string of the molecule is C.C.C.Cc1ccc2c(c1)OCO2.Cc1ccc2occc2c1. The molecule has 0 aliphatic carbocycles. The molecule has 3 heteroatoms. The Balaban J connectivity index is 0.000000372. The molecule has 1 aliphatic rings. The zero-order valence-electron chi connectivity index (χ0n) is 11.6. The minimum atomic E-state index is 0. The van der Waals surface area contributed by atoms with Gasteiger partial charge >= 0.3 is 0 Å². The van der Waals surface area contributed by atoms with E-state index in [9.17, 15) is 0 Å². The molecule has 0 radical (unpaired) electrons. The number of aryl methyl sites for hydroxylation is 2. The third kappa shape index (κ3) is 4.78. The fraction of sp³-hybridized carbons (Fsp3) is 0.300. The number of furan rings is 1. The minimum Gasteiger partial charge on any atom is -0.464 e. The van der Waals surface area contributed by atoms with Crippen molar-refractivity contribution in [2.24, 2.45) is 0 Å². The maximum absolute atomic E-state index is 5.17. The summed E-state index contributed by atoms with van der Waals surface area (Å²) in [6, 6.07) is 14.0. The molecule has 0 fully saturated rings. The van der Waals surface area contributed by atoms with Gasteiger partial charge in [0.25, 0.3) is 0 Å². The maximum Gasteiger partial charge on any atom is 0.231 e. The average Bonchev–Trinajstić information content (AvgIpc) is 3.06. The van der Waals surface area contributed by atoms with E-state index in [2.05, 4.69) is 13.0 Å². The largest absolute Gasteiger partial charge is 0.464 e. The molecule has 0 spiro atoms. The van der Waals surface area contributed by atoms with E-state index >= 15 is 0 Å². The monoisotopic (exact) mass is 316 g/mol. The molecule has 3 nitrogen and oxygen atoms in total. The predicted octanol–water partition coefficient (Wildman–Crippen LogP) is 6.37. The van der Waals surface area contributed by atoms with E-state index in [-0.39, 0.29) is 22.3 Å². The van der Waals surface area contributed by atoms with Gasteiger partial charge in [-0.25, -0.2) is 0 Å². The third-order valence-electron chi connectivity index (χ3n) is 3.14. The molecule has 0 saturated heterocycles. The summed E-state index contributed by atoms with van der Waals surface area (Å²) >= 11 is 0. The van der Waals surface area contributed by atoms with Crippen molar-refractivity contribution in [3.8, 4) is 11.5 Å². The predicted molar refractivity (Wildman–Crippen MR) is 98.4 cm³/mol. The van der Waals surface area contributed by atoms with Crippen LogP contribution in [0.25, 0.3) is 11.0 Å². The van der Waals surface area contributed by atoms with Crippen molar-refractivity contribution in [3.63, 3.8) is 0 Å². The maximum atomic E-state index is 5.17. The summed E-state index contributed by atoms with van der Waals surface area (Å²) in [4.78, 5) is 0. The normalized spacial score (nSPS) is 10.5. The van der Waals surface area contributed by atoms with Crippen molar-refractivity contribution in [2.45, 2.75) is 36.1 Å². The van der Waals surface area contributed by atoms with Gasteiger partial charge < -0.3 is 13.9 Å². The van der Waals surface area contributed by atoms with E-state index in [4.69, 9.17) is 13.9 Å². The lowest BCUT2D eigenvalue weighted by Crippen LogP contribution is -1.92. The molecule has 1 aliphatic heterocycles. The number of rotatable bonds is 0. The highest BCUT2D eigenvalue weighted by atomic mass is 16.7. The van der Waals surface area contributed by atoms with Crippen molar-refractivity contribution in [1.82, 2.24) is 0 Å². The van der Waals surface area contributed by atoms with E-state index in [1.807, 2.05) is 43.3 Å². The van der Waals surface area contributed by atoms with Crippen molar-refractivity contribution in [1.29, 1.82) is 0 Å². The first kappa shape index (κ1) is 20.6. The van der Waals surface area contributed by atoms with Gasteiger partial charge in [-0.1, -0.05) is 40.0 Å². The number of hydrogen-bond acceptors (Lipinski definition) is 3. The van der Waals surface area contributed by atoms with E-state index in [1.165, 1.54) is 16.5 Å². The molecule has 0 bridgehead atoms. The van der Waals surface area contributed by atoms with E-state index < -0.39 is 0 Å². The molecule has 126 valence electrons. The zero-order valence-corrected chi connectivity index (χ0v) is 11.6. The topological polar surface area (TPSA) is 31.6 Å². The Labute approximate surface area is 139 Å². The van der Waals surface area contributed by atoms with Crippen LogP contribution >= 0.6 is 0 Å². The molecular weight excluding hydrogens is 288 g/mol. The molecule has 0 atom stereocenters. The van der Waals surface area contributed by atoms with Crippen molar-refractivity contribution in [3.05, 3.63) is 59.9 Å². The Morgan fingerprint density at radius 3 is 2.17 bits per heavy atom. The standard InChI is InChI=1S/C9H8O.C8H8O2.3CH4/c1-7-2-3-9-8(6-7)4-5-10-9;1-6-2-3-7-8(4-6)10-5-9-7;;;/h2-6H,1H3;2-4H,5H2,1H3;3*1H4. The van der Waals surface area contributed by atoms with Crippen LogP contribution in [0.3, 0.4) is 0 Å². The van der Waals surface area contributed by atoms with E-state index in [1.54, 1.807) is 6.26 Å². The van der Waals surface area contributed by atoms with E-state index in [0.717, 1.165) is 17.1 Å². The van der Waals surface area contributed by atoms with Gasteiger partial charge in [0.05, 0.1) is 6.26 Å². The molecule has 3 aromatic rings. The van der Waals surface area contributed by atoms with Gasteiger partial charge in [-0.15, -0.1) is 0 Å². The number of benzene rings is 2. The van der Waals surface area contributed by atoms with Gasteiger partial charge in [-0.3, -0.25) is 0 Å². The van der Waals surface area contributed by atoms with Crippen LogP contribution in [0.15, 0.2) is 53.1 Å². The third-order valence-corrected chi connectivity index (χ3v) is 3.14. The second-order valence-corrected chi connectivity index (χ2v) is 4.82. The molecule has 2 heterocycles. The van der Waals surface area contributed by atoms with Crippen molar-refractivity contribution in [2.75, 3.05) is 6.79 Å². The van der Waals surface area contributed by atoms with Crippen LogP contribution in [0.5, 0.6) is 11.5 Å². The molecule has 0 unspecified atom stereocenters. The zero-order chi connectivity index (χ0) is 13.9. The smallest absolute Gasteiger partial charge is 0.231 e. The van der Waals surface area contributed by atoms with E-state index in [0.29, 0.717) is 6.79 Å². The average molecular weight is 316 g/mol. The summed E-state index contributed by atoms with van der Waals surface area (Å²) in [7, 11) is 0. The number of fused-ring (bicyclic) bond motifs is 2. The number of ether oxygens (including phenoxy) is 2. The molecule has 0 saturated carbocycles. The van der Waals surface area contributed by atoms with Crippen LogP contribution in [0, 0.1) is 13.8 Å². The quantitative estimate of drug-likeness (QED) is 0.482. The summed E-state index contributed by atoms with van der Waals surface area (Å²) < 4.78 is 15.5. The Hall–Kier alpha value is -2.42. The highest BCUT2D eigenvalue weighted by molar-refractivity contribution is 5.77. The fourth-order valence-electron chi connectivity index (χ4n) is 2.09. The van der Waals surface area contributed by atoms with Crippen LogP contribution < -0.4 is 9.47 Å². The molecule has 0 amide bonds. The molecule has 4 rings (SSSR count). The van der Waals surface area contributed by atoms with Crippen molar-refractivity contribution >= 4 is 11.0 Å². The van der Waals surface area contributed by atoms with Crippen LogP contribution in [0.2, 0.25) is 0 Å². The highest BCUT2D eigenvalue weighted by Gasteiger charge is 2.11. The van der Waals surface area contributed by atoms with Gasteiger partial charge in [-0.05, 0) is 49.7 Å². The minimum absolute atomic E-state index is 0. The van der Waals surface area contributed by atoms with Gasteiger partial charge in [-0.2, -0.15) is 0 Å². The number of hydrogen-bond donors (Lipinski definition) is 0. The Kier molecular flexibility index (Phi) is 7.95. The summed E-state index contributed by atoms with van der Waals surface area (Å²) in [5.74, 6) is 1.71. The molecule has 1 aromatic heterocycles. The lowest BCUT2D eigenvalue weighted by Gasteiger charge is -1.94. The summed E-state index contributed by atoms with van der Waals surface area (Å²) in [6.07, 6.45) is 1.71. The van der Waals surface area contributed by atoms with Crippen molar-refractivity contribution < 1.29 is 13.9 Å². The summed E-state index contributed by atoms with van der Waals surface area (Å²) in [6.45, 7) is 4.47. The molecular formula is C20H28O3. The summed E-state index contributed by atoms with van der Waals surface area (Å²) in [5.41, 5.74) is 3.43. The lowest BCUT2D eigenvalue weighted by atomic mass is 10.2.